The van der Waals surface area contributed by atoms with E-state index in [0.29, 0.717) is 17.3 Å². The summed E-state index contributed by atoms with van der Waals surface area (Å²) in [5, 5.41) is 3.69. The molecule has 0 amide bonds. The van der Waals surface area contributed by atoms with Crippen molar-refractivity contribution in [3.05, 3.63) is 34.9 Å². The molecule has 1 atom stereocenters. The van der Waals surface area contributed by atoms with E-state index >= 15 is 0 Å². The minimum Gasteiger partial charge on any atom is -0.334 e. The van der Waals surface area contributed by atoms with E-state index in [0.717, 1.165) is 0 Å². The Kier molecular flexibility index (Phi) is 3.64. The van der Waals surface area contributed by atoms with Crippen LogP contribution in [0.4, 0.5) is 4.39 Å². The summed E-state index contributed by atoms with van der Waals surface area (Å²) in [6, 6.07) is 4.24. The second-order valence-corrected chi connectivity index (χ2v) is 4.42. The number of alkyl halides is 1. The van der Waals surface area contributed by atoms with Gasteiger partial charge in [0.2, 0.25) is 0 Å². The normalized spacial score (nSPS) is 12.7. The van der Waals surface area contributed by atoms with Gasteiger partial charge in [-0.3, -0.25) is 0 Å². The predicted molar refractivity (Wildman–Crippen MR) is 63.6 cm³/mol. The average molecular weight is 275 g/mol. The van der Waals surface area contributed by atoms with Crippen LogP contribution in [0.2, 0.25) is 5.02 Å². The van der Waals surface area contributed by atoms with Crippen LogP contribution in [-0.4, -0.2) is 10.1 Å². The molecule has 1 unspecified atom stereocenters. The van der Waals surface area contributed by atoms with Gasteiger partial charge in [-0.1, -0.05) is 23.7 Å². The summed E-state index contributed by atoms with van der Waals surface area (Å²) in [5.41, 5.74) is 0.216. The average Bonchev–Trinajstić information content (AvgIpc) is 2.77. The van der Waals surface area contributed by atoms with Gasteiger partial charge in [0.15, 0.2) is 5.82 Å². The molecular weight excluding hydrogens is 266 g/mol. The number of hydrogen-bond donors (Lipinski definition) is 0. The van der Waals surface area contributed by atoms with E-state index in [1.54, 1.807) is 6.07 Å². The molecule has 0 aliphatic heterocycles. The number of benzene rings is 1. The van der Waals surface area contributed by atoms with Crippen LogP contribution >= 0.6 is 23.2 Å². The molecule has 90 valence electrons. The van der Waals surface area contributed by atoms with Crippen molar-refractivity contribution in [3.63, 3.8) is 0 Å². The minimum absolute atomic E-state index is 0.105. The third-order valence-electron chi connectivity index (χ3n) is 2.24. The standard InChI is InChI=1S/C11H9Cl2FN2O/c1-2-8(13)10-15-11(17-16-10)7-4-3-6(12)5-9(7)14/h3-5,8H,2H2,1H3. The fourth-order valence-electron chi connectivity index (χ4n) is 1.32. The zero-order valence-electron chi connectivity index (χ0n) is 8.95. The van der Waals surface area contributed by atoms with Crippen LogP contribution in [-0.2, 0) is 0 Å². The first-order chi connectivity index (χ1) is 8.11. The Morgan fingerprint density at radius 1 is 1.47 bits per heavy atom. The quantitative estimate of drug-likeness (QED) is 0.787. The molecule has 1 aromatic carbocycles. The second-order valence-electron chi connectivity index (χ2n) is 3.46. The number of rotatable bonds is 3. The lowest BCUT2D eigenvalue weighted by atomic mass is 10.2. The summed E-state index contributed by atoms with van der Waals surface area (Å²) in [5.74, 6) is -0.0397. The van der Waals surface area contributed by atoms with E-state index < -0.39 is 5.82 Å². The van der Waals surface area contributed by atoms with Gasteiger partial charge in [-0.15, -0.1) is 11.6 Å². The smallest absolute Gasteiger partial charge is 0.260 e. The molecule has 0 N–H and O–H groups in total. The topological polar surface area (TPSA) is 38.9 Å². The van der Waals surface area contributed by atoms with Crippen molar-refractivity contribution >= 4 is 23.2 Å². The van der Waals surface area contributed by atoms with Crippen molar-refractivity contribution in [2.45, 2.75) is 18.7 Å². The van der Waals surface area contributed by atoms with Crippen LogP contribution in [0.1, 0.15) is 24.5 Å². The highest BCUT2D eigenvalue weighted by molar-refractivity contribution is 6.30. The summed E-state index contributed by atoms with van der Waals surface area (Å²) < 4.78 is 18.5. The SMILES string of the molecule is CCC(Cl)c1noc(-c2ccc(Cl)cc2F)n1. The summed E-state index contributed by atoms with van der Waals surface area (Å²) in [7, 11) is 0. The molecule has 0 bridgehead atoms. The van der Waals surface area contributed by atoms with Gasteiger partial charge in [0.1, 0.15) is 5.82 Å². The molecule has 17 heavy (non-hydrogen) atoms. The Hall–Kier alpha value is -1.13. The summed E-state index contributed by atoms with van der Waals surface area (Å²) in [6.07, 6.45) is 0.670. The number of halogens is 3. The summed E-state index contributed by atoms with van der Waals surface area (Å²) in [4.78, 5) is 4.05. The zero-order chi connectivity index (χ0) is 12.4. The minimum atomic E-state index is -0.504. The fourth-order valence-corrected chi connectivity index (χ4v) is 1.56. The van der Waals surface area contributed by atoms with E-state index in [-0.39, 0.29) is 16.8 Å². The van der Waals surface area contributed by atoms with E-state index in [1.807, 2.05) is 6.92 Å². The van der Waals surface area contributed by atoms with Gasteiger partial charge < -0.3 is 4.52 Å². The number of hydrogen-bond acceptors (Lipinski definition) is 3. The fraction of sp³-hybridized carbons (Fsp3) is 0.273. The molecule has 0 spiro atoms. The van der Waals surface area contributed by atoms with Crippen molar-refractivity contribution in [2.24, 2.45) is 0 Å². The molecule has 0 aliphatic rings. The largest absolute Gasteiger partial charge is 0.334 e. The van der Waals surface area contributed by atoms with E-state index in [9.17, 15) is 4.39 Å². The van der Waals surface area contributed by atoms with Crippen LogP contribution in [0.3, 0.4) is 0 Å². The Labute approximate surface area is 108 Å². The van der Waals surface area contributed by atoms with Crippen LogP contribution in [0, 0.1) is 5.82 Å². The van der Waals surface area contributed by atoms with Crippen LogP contribution in [0.15, 0.2) is 22.7 Å². The van der Waals surface area contributed by atoms with Gasteiger partial charge in [-0.2, -0.15) is 4.98 Å². The van der Waals surface area contributed by atoms with Gasteiger partial charge in [0.05, 0.1) is 10.9 Å². The van der Waals surface area contributed by atoms with Gasteiger partial charge in [0, 0.05) is 5.02 Å². The van der Waals surface area contributed by atoms with Crippen LogP contribution < -0.4 is 0 Å². The molecule has 6 heteroatoms. The molecule has 0 aliphatic carbocycles. The van der Waals surface area contributed by atoms with Crippen molar-refractivity contribution in [3.8, 4) is 11.5 Å². The van der Waals surface area contributed by atoms with Crippen molar-refractivity contribution < 1.29 is 8.91 Å². The first-order valence-corrected chi connectivity index (χ1v) is 5.86. The van der Waals surface area contributed by atoms with Crippen molar-refractivity contribution in [1.29, 1.82) is 0 Å². The molecule has 2 aromatic rings. The van der Waals surface area contributed by atoms with E-state index in [1.165, 1.54) is 12.1 Å². The Bertz CT molecular complexity index is 530. The van der Waals surface area contributed by atoms with Gasteiger partial charge >= 0.3 is 0 Å². The lowest BCUT2D eigenvalue weighted by Crippen LogP contribution is -1.91. The predicted octanol–water partition coefficient (Wildman–Crippen LogP) is 4.22. The third-order valence-corrected chi connectivity index (χ3v) is 2.98. The van der Waals surface area contributed by atoms with Crippen molar-refractivity contribution in [2.75, 3.05) is 0 Å². The van der Waals surface area contributed by atoms with Crippen LogP contribution in [0.25, 0.3) is 11.5 Å². The first-order valence-electron chi connectivity index (χ1n) is 5.05. The van der Waals surface area contributed by atoms with Gasteiger partial charge in [-0.25, -0.2) is 4.39 Å². The Morgan fingerprint density at radius 3 is 2.88 bits per heavy atom. The maximum Gasteiger partial charge on any atom is 0.260 e. The number of nitrogens with zero attached hydrogens (tertiary/aromatic N) is 2. The van der Waals surface area contributed by atoms with Gasteiger partial charge in [-0.05, 0) is 24.6 Å². The van der Waals surface area contributed by atoms with E-state index in [4.69, 9.17) is 27.7 Å². The lowest BCUT2D eigenvalue weighted by molar-refractivity contribution is 0.419. The summed E-state index contributed by atoms with van der Waals surface area (Å²) >= 11 is 11.6. The molecular formula is C11H9Cl2FN2O. The third kappa shape index (κ3) is 2.58. The molecule has 0 saturated heterocycles. The molecule has 2 rings (SSSR count). The highest BCUT2D eigenvalue weighted by atomic mass is 35.5. The summed E-state index contributed by atoms with van der Waals surface area (Å²) in [6.45, 7) is 1.90. The lowest BCUT2D eigenvalue weighted by Gasteiger charge is -1.98. The molecule has 0 radical (unpaired) electrons. The molecule has 1 heterocycles. The maximum absolute atomic E-state index is 13.6. The van der Waals surface area contributed by atoms with E-state index in [2.05, 4.69) is 10.1 Å². The number of aromatic nitrogens is 2. The van der Waals surface area contributed by atoms with Crippen LogP contribution in [0.5, 0.6) is 0 Å². The first kappa shape index (κ1) is 12.3. The molecule has 1 aromatic heterocycles. The maximum atomic E-state index is 13.6. The molecule has 0 saturated carbocycles. The highest BCUT2D eigenvalue weighted by Crippen LogP contribution is 2.27. The zero-order valence-corrected chi connectivity index (χ0v) is 10.5. The van der Waals surface area contributed by atoms with Crippen molar-refractivity contribution in [1.82, 2.24) is 10.1 Å². The monoisotopic (exact) mass is 274 g/mol. The molecule has 0 fully saturated rings. The molecule has 3 nitrogen and oxygen atoms in total. The second kappa shape index (κ2) is 5.02. The van der Waals surface area contributed by atoms with Gasteiger partial charge in [0.25, 0.3) is 5.89 Å². The Morgan fingerprint density at radius 2 is 2.24 bits per heavy atom. The Balaban J connectivity index is 2.37. The highest BCUT2D eigenvalue weighted by Gasteiger charge is 2.17.